The second-order valence-corrected chi connectivity index (χ2v) is 5.43. The zero-order valence-electron chi connectivity index (χ0n) is 12.4. The van der Waals surface area contributed by atoms with Crippen molar-refractivity contribution in [2.24, 2.45) is 0 Å². The van der Waals surface area contributed by atoms with Crippen LogP contribution >= 0.6 is 0 Å². The third kappa shape index (κ3) is 2.64. The maximum absolute atomic E-state index is 12.2. The van der Waals surface area contributed by atoms with Crippen LogP contribution in [-0.4, -0.2) is 24.4 Å². The van der Waals surface area contributed by atoms with Crippen LogP contribution in [-0.2, 0) is 6.42 Å². The smallest absolute Gasteiger partial charge is 0.254 e. The Labute approximate surface area is 125 Å². The Hall–Kier alpha value is -2.29. The van der Waals surface area contributed by atoms with Gasteiger partial charge in [-0.05, 0) is 31.0 Å². The standard InChI is InChI=1S/C18H19NO2/c1-13(14-7-4-3-5-8-14)21-17-10-6-9-16-15(17)11-12-19(2)18(16)20/h3-10,13H,11-12H2,1-2H3/t13-/m1/s1. The second kappa shape index (κ2) is 5.60. The molecule has 0 saturated heterocycles. The van der Waals surface area contributed by atoms with Crippen LogP contribution in [0.1, 0.15) is 34.5 Å². The molecule has 0 unspecified atom stereocenters. The fourth-order valence-corrected chi connectivity index (χ4v) is 2.70. The van der Waals surface area contributed by atoms with Gasteiger partial charge in [-0.2, -0.15) is 0 Å². The molecule has 0 N–H and O–H groups in total. The minimum Gasteiger partial charge on any atom is -0.486 e. The van der Waals surface area contributed by atoms with Gasteiger partial charge in [0.25, 0.3) is 5.91 Å². The highest BCUT2D eigenvalue weighted by Gasteiger charge is 2.24. The van der Waals surface area contributed by atoms with E-state index >= 15 is 0 Å². The zero-order chi connectivity index (χ0) is 14.8. The van der Waals surface area contributed by atoms with Crippen molar-refractivity contribution in [3.8, 4) is 5.75 Å². The highest BCUT2D eigenvalue weighted by molar-refractivity contribution is 5.97. The van der Waals surface area contributed by atoms with Crippen LogP contribution in [0.2, 0.25) is 0 Å². The van der Waals surface area contributed by atoms with Gasteiger partial charge in [0.05, 0.1) is 0 Å². The van der Waals surface area contributed by atoms with Crippen molar-refractivity contribution >= 4 is 5.91 Å². The number of amides is 1. The van der Waals surface area contributed by atoms with Crippen molar-refractivity contribution in [2.45, 2.75) is 19.4 Å². The van der Waals surface area contributed by atoms with Crippen LogP contribution in [0.4, 0.5) is 0 Å². The lowest BCUT2D eigenvalue weighted by atomic mass is 9.98. The number of rotatable bonds is 3. The quantitative estimate of drug-likeness (QED) is 0.862. The fourth-order valence-electron chi connectivity index (χ4n) is 2.70. The van der Waals surface area contributed by atoms with E-state index in [9.17, 15) is 4.79 Å². The van der Waals surface area contributed by atoms with E-state index in [1.54, 1.807) is 4.90 Å². The Kier molecular flexibility index (Phi) is 3.65. The Morgan fingerprint density at radius 2 is 1.86 bits per heavy atom. The van der Waals surface area contributed by atoms with Crippen LogP contribution in [0.25, 0.3) is 0 Å². The van der Waals surface area contributed by atoms with E-state index in [1.165, 1.54) is 0 Å². The SMILES string of the molecule is C[C@@H](Oc1cccc2c1CCN(C)C2=O)c1ccccc1. The van der Waals surface area contributed by atoms with Crippen LogP contribution < -0.4 is 4.74 Å². The number of benzene rings is 2. The molecular weight excluding hydrogens is 262 g/mol. The Morgan fingerprint density at radius 3 is 2.62 bits per heavy atom. The molecule has 0 radical (unpaired) electrons. The average Bonchev–Trinajstić information content (AvgIpc) is 2.52. The zero-order valence-corrected chi connectivity index (χ0v) is 12.4. The monoisotopic (exact) mass is 281 g/mol. The molecule has 0 fully saturated rings. The molecule has 2 aromatic carbocycles. The predicted molar refractivity (Wildman–Crippen MR) is 82.6 cm³/mol. The summed E-state index contributed by atoms with van der Waals surface area (Å²) in [5.41, 5.74) is 2.93. The minimum atomic E-state index is -0.0348. The summed E-state index contributed by atoms with van der Waals surface area (Å²) in [6.45, 7) is 2.78. The highest BCUT2D eigenvalue weighted by Crippen LogP contribution is 2.30. The van der Waals surface area contributed by atoms with E-state index in [1.807, 2.05) is 50.4 Å². The van der Waals surface area contributed by atoms with Gasteiger partial charge in [-0.25, -0.2) is 0 Å². The highest BCUT2D eigenvalue weighted by atomic mass is 16.5. The predicted octanol–water partition coefficient (Wildman–Crippen LogP) is 3.45. The van der Waals surface area contributed by atoms with E-state index in [0.29, 0.717) is 0 Å². The Morgan fingerprint density at radius 1 is 1.10 bits per heavy atom. The normalized spacial score (nSPS) is 15.5. The molecule has 3 nitrogen and oxygen atoms in total. The van der Waals surface area contributed by atoms with Crippen LogP contribution in [0.3, 0.4) is 0 Å². The first kappa shape index (κ1) is 13.7. The maximum Gasteiger partial charge on any atom is 0.254 e. The number of carbonyl (C=O) groups excluding carboxylic acids is 1. The van der Waals surface area contributed by atoms with Gasteiger partial charge in [0, 0.05) is 24.7 Å². The van der Waals surface area contributed by atoms with Crippen LogP contribution in [0.15, 0.2) is 48.5 Å². The molecule has 2 aromatic rings. The van der Waals surface area contributed by atoms with Crippen LogP contribution in [0, 0.1) is 0 Å². The third-order valence-corrected chi connectivity index (χ3v) is 3.98. The van der Waals surface area contributed by atoms with Crippen LogP contribution in [0.5, 0.6) is 5.75 Å². The lowest BCUT2D eigenvalue weighted by Crippen LogP contribution is -2.34. The molecule has 21 heavy (non-hydrogen) atoms. The molecule has 1 heterocycles. The van der Waals surface area contributed by atoms with Crippen molar-refractivity contribution < 1.29 is 9.53 Å². The van der Waals surface area contributed by atoms with Crippen molar-refractivity contribution in [3.63, 3.8) is 0 Å². The van der Waals surface area contributed by atoms with Gasteiger partial charge in [0.2, 0.25) is 0 Å². The second-order valence-electron chi connectivity index (χ2n) is 5.43. The topological polar surface area (TPSA) is 29.5 Å². The third-order valence-electron chi connectivity index (χ3n) is 3.98. The van der Waals surface area contributed by atoms with E-state index in [-0.39, 0.29) is 12.0 Å². The maximum atomic E-state index is 12.2. The number of nitrogens with zero attached hydrogens (tertiary/aromatic N) is 1. The molecule has 0 bridgehead atoms. The molecule has 1 atom stereocenters. The Balaban J connectivity index is 1.89. The summed E-state index contributed by atoms with van der Waals surface area (Å²) in [5.74, 6) is 0.902. The number of fused-ring (bicyclic) bond motifs is 1. The summed E-state index contributed by atoms with van der Waals surface area (Å²) in [6.07, 6.45) is 0.808. The lowest BCUT2D eigenvalue weighted by Gasteiger charge is -2.27. The molecule has 3 rings (SSSR count). The van der Waals surface area contributed by atoms with Crippen molar-refractivity contribution in [1.29, 1.82) is 0 Å². The molecule has 1 amide bonds. The first-order valence-electron chi connectivity index (χ1n) is 7.26. The molecule has 108 valence electrons. The van der Waals surface area contributed by atoms with Crippen molar-refractivity contribution in [1.82, 2.24) is 4.90 Å². The van der Waals surface area contributed by atoms with Gasteiger partial charge >= 0.3 is 0 Å². The van der Waals surface area contributed by atoms with Gasteiger partial charge in [-0.3, -0.25) is 4.79 Å². The Bertz CT molecular complexity index is 652. The van der Waals surface area contributed by atoms with E-state index in [4.69, 9.17) is 4.74 Å². The van der Waals surface area contributed by atoms with E-state index in [2.05, 4.69) is 12.1 Å². The number of hydrogen-bond acceptors (Lipinski definition) is 2. The molecule has 3 heteroatoms. The summed E-state index contributed by atoms with van der Waals surface area (Å²) in [5, 5.41) is 0. The largest absolute Gasteiger partial charge is 0.486 e. The molecule has 1 aliphatic heterocycles. The van der Waals surface area contributed by atoms with Gasteiger partial charge in [0.1, 0.15) is 11.9 Å². The number of likely N-dealkylation sites (N-methyl/N-ethyl adjacent to an activating group) is 1. The molecule has 0 aromatic heterocycles. The summed E-state index contributed by atoms with van der Waals surface area (Å²) < 4.78 is 6.11. The van der Waals surface area contributed by atoms with Gasteiger partial charge in [0.15, 0.2) is 0 Å². The summed E-state index contributed by atoms with van der Waals surface area (Å²) in [7, 11) is 1.84. The first-order valence-corrected chi connectivity index (χ1v) is 7.26. The summed E-state index contributed by atoms with van der Waals surface area (Å²) in [4.78, 5) is 14.0. The molecule has 0 saturated carbocycles. The summed E-state index contributed by atoms with van der Waals surface area (Å²) in [6, 6.07) is 15.8. The van der Waals surface area contributed by atoms with Gasteiger partial charge in [-0.1, -0.05) is 36.4 Å². The lowest BCUT2D eigenvalue weighted by molar-refractivity contribution is 0.0778. The van der Waals surface area contributed by atoms with Crippen molar-refractivity contribution in [2.75, 3.05) is 13.6 Å². The minimum absolute atomic E-state index is 0.0348. The average molecular weight is 281 g/mol. The number of carbonyl (C=O) groups is 1. The van der Waals surface area contributed by atoms with Crippen molar-refractivity contribution in [3.05, 3.63) is 65.2 Å². The summed E-state index contributed by atoms with van der Waals surface area (Å²) >= 11 is 0. The number of hydrogen-bond donors (Lipinski definition) is 0. The van der Waals surface area contributed by atoms with Gasteiger partial charge < -0.3 is 9.64 Å². The molecule has 0 spiro atoms. The number of ether oxygens (including phenoxy) is 1. The van der Waals surface area contributed by atoms with E-state index in [0.717, 1.165) is 35.4 Å². The fraction of sp³-hybridized carbons (Fsp3) is 0.278. The van der Waals surface area contributed by atoms with Gasteiger partial charge in [-0.15, -0.1) is 0 Å². The molecule has 0 aliphatic carbocycles. The molecular formula is C18H19NO2. The van der Waals surface area contributed by atoms with E-state index < -0.39 is 0 Å². The molecule has 1 aliphatic rings. The first-order chi connectivity index (χ1) is 10.2.